The zero-order chi connectivity index (χ0) is 9.73. The van der Waals surface area contributed by atoms with E-state index in [1.165, 1.54) is 6.20 Å². The van der Waals surface area contributed by atoms with Crippen LogP contribution in [0.15, 0.2) is 12.3 Å². The number of nitrogens with one attached hydrogen (secondary N) is 1. The van der Waals surface area contributed by atoms with Gasteiger partial charge in [-0.1, -0.05) is 0 Å². The molecular formula is C9H15NO3. The van der Waals surface area contributed by atoms with Gasteiger partial charge in [-0.15, -0.1) is 0 Å². The zero-order valence-corrected chi connectivity index (χ0v) is 7.75. The first-order valence-electron chi connectivity index (χ1n) is 4.39. The predicted octanol–water partition coefficient (Wildman–Crippen LogP) is 0.743. The van der Waals surface area contributed by atoms with E-state index in [-0.39, 0.29) is 5.60 Å². The van der Waals surface area contributed by atoms with Gasteiger partial charge in [-0.25, -0.2) is 4.79 Å². The number of carboxylic acids is 1. The fraction of sp³-hybridized carbons (Fsp3) is 0.667. The molecule has 2 N–H and O–H groups in total. The van der Waals surface area contributed by atoms with E-state index in [1.807, 2.05) is 6.92 Å². The van der Waals surface area contributed by atoms with E-state index >= 15 is 0 Å². The topological polar surface area (TPSA) is 58.6 Å². The summed E-state index contributed by atoms with van der Waals surface area (Å²) in [6.45, 7) is 3.50. The van der Waals surface area contributed by atoms with E-state index in [9.17, 15) is 4.79 Å². The van der Waals surface area contributed by atoms with Gasteiger partial charge < -0.3 is 15.2 Å². The highest BCUT2D eigenvalue weighted by Gasteiger charge is 2.28. The lowest BCUT2D eigenvalue weighted by Crippen LogP contribution is -2.34. The minimum Gasteiger partial charge on any atom is -0.478 e. The number of hydrogen-bond acceptors (Lipinski definition) is 3. The molecule has 0 bridgehead atoms. The quantitative estimate of drug-likeness (QED) is 0.634. The van der Waals surface area contributed by atoms with Crippen molar-refractivity contribution in [3.8, 4) is 0 Å². The summed E-state index contributed by atoms with van der Waals surface area (Å²) in [7, 11) is 0. The van der Waals surface area contributed by atoms with Crippen LogP contribution in [0.1, 0.15) is 19.8 Å². The van der Waals surface area contributed by atoms with E-state index in [1.54, 1.807) is 0 Å². The molecule has 0 amide bonds. The molecule has 1 aliphatic heterocycles. The highest BCUT2D eigenvalue weighted by atomic mass is 16.5. The Morgan fingerprint density at radius 1 is 1.77 bits per heavy atom. The van der Waals surface area contributed by atoms with Crippen molar-refractivity contribution in [1.29, 1.82) is 0 Å². The molecule has 74 valence electrons. The molecule has 1 aliphatic rings. The number of ether oxygens (including phenoxy) is 1. The normalized spacial score (nSPS) is 28.1. The summed E-state index contributed by atoms with van der Waals surface area (Å²) < 4.78 is 5.50. The average Bonchev–Trinajstić information content (AvgIpc) is 2.47. The predicted molar refractivity (Wildman–Crippen MR) is 48.4 cm³/mol. The van der Waals surface area contributed by atoms with Crippen molar-refractivity contribution in [2.24, 2.45) is 0 Å². The Bertz CT molecular complexity index is 207. The smallest absolute Gasteiger partial charge is 0.329 e. The summed E-state index contributed by atoms with van der Waals surface area (Å²) in [4.78, 5) is 10.1. The summed E-state index contributed by atoms with van der Waals surface area (Å²) in [5.41, 5.74) is -0.122. The summed E-state index contributed by atoms with van der Waals surface area (Å²) in [6.07, 6.45) is 4.63. The third-order valence-corrected chi connectivity index (χ3v) is 2.12. The molecule has 1 heterocycles. The minimum atomic E-state index is -0.940. The molecule has 0 spiro atoms. The Morgan fingerprint density at radius 2 is 2.54 bits per heavy atom. The van der Waals surface area contributed by atoms with Crippen LogP contribution in [-0.2, 0) is 9.53 Å². The van der Waals surface area contributed by atoms with Crippen LogP contribution in [0.5, 0.6) is 0 Å². The van der Waals surface area contributed by atoms with E-state index in [0.717, 1.165) is 25.5 Å². The van der Waals surface area contributed by atoms with Gasteiger partial charge >= 0.3 is 5.97 Å². The third kappa shape index (κ3) is 3.46. The molecule has 0 aromatic rings. The SMILES string of the molecule is CC1(CN/C=C/C(=O)O)CCCO1. The second-order valence-corrected chi connectivity index (χ2v) is 3.45. The molecule has 1 unspecified atom stereocenters. The Hall–Kier alpha value is -1.03. The van der Waals surface area contributed by atoms with Crippen molar-refractivity contribution in [1.82, 2.24) is 5.32 Å². The zero-order valence-electron chi connectivity index (χ0n) is 7.75. The molecule has 0 saturated carbocycles. The Balaban J connectivity index is 2.21. The molecule has 13 heavy (non-hydrogen) atoms. The van der Waals surface area contributed by atoms with Crippen molar-refractivity contribution >= 4 is 5.97 Å². The maximum absolute atomic E-state index is 10.1. The highest BCUT2D eigenvalue weighted by molar-refractivity contribution is 5.79. The lowest BCUT2D eigenvalue weighted by atomic mass is 10.0. The van der Waals surface area contributed by atoms with E-state index in [2.05, 4.69) is 5.32 Å². The van der Waals surface area contributed by atoms with Gasteiger partial charge in [0, 0.05) is 25.4 Å². The number of hydrogen-bond donors (Lipinski definition) is 2. The van der Waals surface area contributed by atoms with E-state index in [4.69, 9.17) is 9.84 Å². The Labute approximate surface area is 77.6 Å². The standard InChI is InChI=1S/C9H15NO3/c1-9(4-2-6-13-9)7-10-5-3-8(11)12/h3,5,10H,2,4,6-7H2,1H3,(H,11,12)/b5-3+. The molecule has 1 fully saturated rings. The largest absolute Gasteiger partial charge is 0.478 e. The molecule has 1 rings (SSSR count). The maximum Gasteiger partial charge on any atom is 0.329 e. The molecule has 1 atom stereocenters. The van der Waals surface area contributed by atoms with Crippen LogP contribution in [0.3, 0.4) is 0 Å². The summed E-state index contributed by atoms with van der Waals surface area (Å²) in [5.74, 6) is -0.940. The fourth-order valence-electron chi connectivity index (χ4n) is 1.38. The molecule has 1 saturated heterocycles. The van der Waals surface area contributed by atoms with Gasteiger partial charge in [-0.3, -0.25) is 0 Å². The maximum atomic E-state index is 10.1. The molecule has 0 aromatic heterocycles. The van der Waals surface area contributed by atoms with Crippen LogP contribution in [0.4, 0.5) is 0 Å². The minimum absolute atomic E-state index is 0.122. The van der Waals surface area contributed by atoms with Gasteiger partial charge in [-0.2, -0.15) is 0 Å². The van der Waals surface area contributed by atoms with E-state index < -0.39 is 5.97 Å². The molecule has 0 radical (unpaired) electrons. The summed E-state index contributed by atoms with van der Waals surface area (Å²) in [5, 5.41) is 11.2. The van der Waals surface area contributed by atoms with Crippen LogP contribution in [-0.4, -0.2) is 29.8 Å². The monoisotopic (exact) mass is 185 g/mol. The van der Waals surface area contributed by atoms with Crippen LogP contribution < -0.4 is 5.32 Å². The van der Waals surface area contributed by atoms with Crippen molar-refractivity contribution < 1.29 is 14.6 Å². The first kappa shape index (κ1) is 10.1. The Morgan fingerprint density at radius 3 is 3.08 bits per heavy atom. The first-order chi connectivity index (χ1) is 6.12. The highest BCUT2D eigenvalue weighted by Crippen LogP contribution is 2.23. The molecule has 0 aliphatic carbocycles. The van der Waals surface area contributed by atoms with Gasteiger partial charge in [0.1, 0.15) is 0 Å². The number of aliphatic carboxylic acids is 1. The van der Waals surface area contributed by atoms with Crippen LogP contribution in [0.25, 0.3) is 0 Å². The molecular weight excluding hydrogens is 170 g/mol. The summed E-state index contributed by atoms with van der Waals surface area (Å²) >= 11 is 0. The van der Waals surface area contributed by atoms with Crippen molar-refractivity contribution in [3.63, 3.8) is 0 Å². The molecule has 4 nitrogen and oxygen atoms in total. The van der Waals surface area contributed by atoms with E-state index in [0.29, 0.717) is 6.54 Å². The second-order valence-electron chi connectivity index (χ2n) is 3.45. The average molecular weight is 185 g/mol. The van der Waals surface area contributed by atoms with Crippen LogP contribution >= 0.6 is 0 Å². The fourth-order valence-corrected chi connectivity index (χ4v) is 1.38. The second kappa shape index (κ2) is 4.28. The lowest BCUT2D eigenvalue weighted by molar-refractivity contribution is -0.131. The molecule has 4 heteroatoms. The molecule has 0 aromatic carbocycles. The van der Waals surface area contributed by atoms with Crippen molar-refractivity contribution in [2.45, 2.75) is 25.4 Å². The van der Waals surface area contributed by atoms with Crippen LogP contribution in [0.2, 0.25) is 0 Å². The van der Waals surface area contributed by atoms with Crippen molar-refractivity contribution in [3.05, 3.63) is 12.3 Å². The number of carbonyl (C=O) groups is 1. The number of rotatable bonds is 4. The van der Waals surface area contributed by atoms with Gasteiger partial charge in [-0.05, 0) is 19.8 Å². The van der Waals surface area contributed by atoms with Gasteiger partial charge in [0.2, 0.25) is 0 Å². The number of carboxylic acid groups (broad SMARTS) is 1. The summed E-state index contributed by atoms with van der Waals surface area (Å²) in [6, 6.07) is 0. The van der Waals surface area contributed by atoms with Crippen molar-refractivity contribution in [2.75, 3.05) is 13.2 Å². The first-order valence-corrected chi connectivity index (χ1v) is 4.39. The van der Waals surface area contributed by atoms with Gasteiger partial charge in [0.15, 0.2) is 0 Å². The van der Waals surface area contributed by atoms with Crippen LogP contribution in [0, 0.1) is 0 Å². The Kier molecular flexibility index (Phi) is 3.31. The third-order valence-electron chi connectivity index (χ3n) is 2.12. The lowest BCUT2D eigenvalue weighted by Gasteiger charge is -2.22. The van der Waals surface area contributed by atoms with Gasteiger partial charge in [0.25, 0.3) is 0 Å². The van der Waals surface area contributed by atoms with Gasteiger partial charge in [0.05, 0.1) is 5.60 Å².